The second-order valence-corrected chi connectivity index (χ2v) is 6.04. The fourth-order valence-electron chi connectivity index (χ4n) is 2.49. The molecule has 0 aliphatic carbocycles. The van der Waals surface area contributed by atoms with Crippen LogP contribution in [0.25, 0.3) is 0 Å². The quantitative estimate of drug-likeness (QED) is 0.847. The summed E-state index contributed by atoms with van der Waals surface area (Å²) in [5.74, 6) is -0.236. The highest BCUT2D eigenvalue weighted by molar-refractivity contribution is 9.10. The Kier molecular flexibility index (Phi) is 4.61. The smallest absolute Gasteiger partial charge is 0.137 e. The predicted octanol–water partition coefficient (Wildman–Crippen LogP) is 4.82. The van der Waals surface area contributed by atoms with Gasteiger partial charge in [0, 0.05) is 0 Å². The van der Waals surface area contributed by atoms with Crippen LogP contribution in [0.5, 0.6) is 0 Å². The van der Waals surface area contributed by atoms with Crippen LogP contribution < -0.4 is 5.32 Å². The molecule has 0 aromatic heterocycles. The number of nitrogens with one attached hydrogen (secondary N) is 1. The third kappa shape index (κ3) is 2.94. The molecule has 0 aliphatic heterocycles. The monoisotopic (exact) mass is 335 g/mol. The first kappa shape index (κ1) is 15.2. The fourth-order valence-corrected chi connectivity index (χ4v) is 2.88. The minimum Gasteiger partial charge on any atom is -0.309 e. The molecule has 0 bridgehead atoms. The Labute approximate surface area is 128 Å². The Morgan fingerprint density at radius 2 is 1.65 bits per heavy atom. The summed E-state index contributed by atoms with van der Waals surface area (Å²) in [5, 5.41) is 3.33. The molecule has 106 valence electrons. The molecule has 20 heavy (non-hydrogen) atoms. The van der Waals surface area contributed by atoms with Gasteiger partial charge in [-0.05, 0) is 83.7 Å². The lowest BCUT2D eigenvalue weighted by atomic mass is 9.92. The van der Waals surface area contributed by atoms with Crippen molar-refractivity contribution in [3.8, 4) is 0 Å². The molecule has 1 N–H and O–H groups in total. The molecule has 1 nitrogen and oxygen atoms in total. The Hall–Kier alpha value is -1.19. The summed E-state index contributed by atoms with van der Waals surface area (Å²) in [7, 11) is 1.93. The molecule has 0 fully saturated rings. The van der Waals surface area contributed by atoms with Crippen molar-refractivity contribution in [2.75, 3.05) is 7.05 Å². The standard InChI is InChI=1S/C17H19BrFN/c1-10-7-12(3)14(8-11(10)2)17(20-4)13-5-6-16(19)15(18)9-13/h5-9,17,20H,1-4H3. The lowest BCUT2D eigenvalue weighted by Gasteiger charge is -2.21. The number of rotatable bonds is 3. The van der Waals surface area contributed by atoms with E-state index in [9.17, 15) is 4.39 Å². The lowest BCUT2D eigenvalue weighted by Crippen LogP contribution is -2.19. The van der Waals surface area contributed by atoms with Gasteiger partial charge in [0.1, 0.15) is 5.82 Å². The summed E-state index contributed by atoms with van der Waals surface area (Å²) in [4.78, 5) is 0. The first-order valence-corrected chi connectivity index (χ1v) is 7.43. The summed E-state index contributed by atoms with van der Waals surface area (Å²) in [6, 6.07) is 9.64. The first-order valence-electron chi connectivity index (χ1n) is 6.64. The average Bonchev–Trinajstić information content (AvgIpc) is 2.40. The van der Waals surface area contributed by atoms with Gasteiger partial charge in [0.2, 0.25) is 0 Å². The van der Waals surface area contributed by atoms with Gasteiger partial charge in [-0.25, -0.2) is 4.39 Å². The molecular weight excluding hydrogens is 317 g/mol. The number of aryl methyl sites for hydroxylation is 3. The normalized spacial score (nSPS) is 12.5. The van der Waals surface area contributed by atoms with Crippen molar-refractivity contribution in [3.05, 3.63) is 68.4 Å². The minimum atomic E-state index is -0.236. The number of hydrogen-bond acceptors (Lipinski definition) is 1. The van der Waals surface area contributed by atoms with Gasteiger partial charge in [0.15, 0.2) is 0 Å². The summed E-state index contributed by atoms with van der Waals surface area (Å²) in [5.41, 5.74) is 6.09. The number of halogens is 2. The zero-order chi connectivity index (χ0) is 14.9. The van der Waals surface area contributed by atoms with Crippen LogP contribution in [-0.4, -0.2) is 7.05 Å². The molecule has 1 atom stereocenters. The molecule has 0 aliphatic rings. The van der Waals surface area contributed by atoms with Crippen molar-refractivity contribution in [1.29, 1.82) is 0 Å². The van der Waals surface area contributed by atoms with Gasteiger partial charge in [-0.1, -0.05) is 18.2 Å². The molecule has 1 unspecified atom stereocenters. The summed E-state index contributed by atoms with van der Waals surface area (Å²) in [6.45, 7) is 6.35. The molecule has 2 rings (SSSR count). The van der Waals surface area contributed by atoms with Gasteiger partial charge in [0.05, 0.1) is 10.5 Å². The van der Waals surface area contributed by atoms with Crippen molar-refractivity contribution in [1.82, 2.24) is 5.32 Å². The Morgan fingerprint density at radius 3 is 2.25 bits per heavy atom. The van der Waals surface area contributed by atoms with E-state index >= 15 is 0 Å². The van der Waals surface area contributed by atoms with E-state index in [2.05, 4.69) is 54.2 Å². The highest BCUT2D eigenvalue weighted by Gasteiger charge is 2.16. The van der Waals surface area contributed by atoms with Crippen LogP contribution in [0.1, 0.15) is 33.9 Å². The second-order valence-electron chi connectivity index (χ2n) is 5.19. The van der Waals surface area contributed by atoms with Crippen molar-refractivity contribution in [2.24, 2.45) is 0 Å². The van der Waals surface area contributed by atoms with E-state index in [1.54, 1.807) is 0 Å². The summed E-state index contributed by atoms with van der Waals surface area (Å²) >= 11 is 3.26. The number of hydrogen-bond donors (Lipinski definition) is 1. The summed E-state index contributed by atoms with van der Waals surface area (Å²) in [6.07, 6.45) is 0. The van der Waals surface area contributed by atoms with Gasteiger partial charge < -0.3 is 5.32 Å². The maximum atomic E-state index is 13.4. The zero-order valence-corrected chi connectivity index (χ0v) is 13.8. The molecule has 0 saturated carbocycles. The molecule has 0 spiro atoms. The zero-order valence-electron chi connectivity index (χ0n) is 12.2. The van der Waals surface area contributed by atoms with E-state index in [1.807, 2.05) is 19.2 Å². The van der Waals surface area contributed by atoms with E-state index in [0.717, 1.165) is 5.56 Å². The largest absolute Gasteiger partial charge is 0.309 e. The highest BCUT2D eigenvalue weighted by Crippen LogP contribution is 2.29. The topological polar surface area (TPSA) is 12.0 Å². The molecule has 0 saturated heterocycles. The molecule has 2 aromatic rings. The fraction of sp³-hybridized carbons (Fsp3) is 0.294. The maximum Gasteiger partial charge on any atom is 0.137 e. The van der Waals surface area contributed by atoms with Gasteiger partial charge in [-0.3, -0.25) is 0 Å². The van der Waals surface area contributed by atoms with Gasteiger partial charge in [-0.2, -0.15) is 0 Å². The third-order valence-electron chi connectivity index (χ3n) is 3.76. The Bertz CT molecular complexity index is 637. The Balaban J connectivity index is 2.52. The van der Waals surface area contributed by atoms with E-state index < -0.39 is 0 Å². The van der Waals surface area contributed by atoms with Crippen LogP contribution >= 0.6 is 15.9 Å². The van der Waals surface area contributed by atoms with Crippen molar-refractivity contribution in [3.63, 3.8) is 0 Å². The first-order chi connectivity index (χ1) is 9.43. The van der Waals surface area contributed by atoms with Gasteiger partial charge >= 0.3 is 0 Å². The van der Waals surface area contributed by atoms with Crippen LogP contribution in [0.3, 0.4) is 0 Å². The van der Waals surface area contributed by atoms with Crippen LogP contribution in [0.2, 0.25) is 0 Å². The van der Waals surface area contributed by atoms with E-state index in [4.69, 9.17) is 0 Å². The van der Waals surface area contributed by atoms with Gasteiger partial charge in [-0.15, -0.1) is 0 Å². The SMILES string of the molecule is CNC(c1ccc(F)c(Br)c1)c1cc(C)c(C)cc1C. The van der Waals surface area contributed by atoms with Crippen LogP contribution in [-0.2, 0) is 0 Å². The molecule has 0 amide bonds. The predicted molar refractivity (Wildman–Crippen MR) is 85.7 cm³/mol. The average molecular weight is 336 g/mol. The minimum absolute atomic E-state index is 0.0613. The maximum absolute atomic E-state index is 13.4. The molecule has 0 heterocycles. The van der Waals surface area contributed by atoms with Crippen LogP contribution in [0.4, 0.5) is 4.39 Å². The van der Waals surface area contributed by atoms with Crippen molar-refractivity contribution in [2.45, 2.75) is 26.8 Å². The Morgan fingerprint density at radius 1 is 1.00 bits per heavy atom. The van der Waals surface area contributed by atoms with E-state index in [-0.39, 0.29) is 11.9 Å². The van der Waals surface area contributed by atoms with Crippen LogP contribution in [0, 0.1) is 26.6 Å². The van der Waals surface area contributed by atoms with E-state index in [0.29, 0.717) is 4.47 Å². The second kappa shape index (κ2) is 6.06. The van der Waals surface area contributed by atoms with Crippen molar-refractivity contribution >= 4 is 15.9 Å². The molecule has 0 radical (unpaired) electrons. The van der Waals surface area contributed by atoms with Crippen molar-refractivity contribution < 1.29 is 4.39 Å². The lowest BCUT2D eigenvalue weighted by molar-refractivity contribution is 0.616. The van der Waals surface area contributed by atoms with E-state index in [1.165, 1.54) is 28.3 Å². The van der Waals surface area contributed by atoms with Crippen LogP contribution in [0.15, 0.2) is 34.8 Å². The highest BCUT2D eigenvalue weighted by atomic mass is 79.9. The number of benzene rings is 2. The van der Waals surface area contributed by atoms with Gasteiger partial charge in [0.25, 0.3) is 0 Å². The molecule has 3 heteroatoms. The molecule has 2 aromatic carbocycles. The third-order valence-corrected chi connectivity index (χ3v) is 4.37. The summed E-state index contributed by atoms with van der Waals surface area (Å²) < 4.78 is 13.9. The molecular formula is C17H19BrFN.